The first kappa shape index (κ1) is 13.8. The molecule has 3 nitrogen and oxygen atoms in total. The highest BCUT2D eigenvalue weighted by atomic mass is 16.5. The Balaban J connectivity index is 2.02. The smallest absolute Gasteiger partial charge is 0.333 e. The summed E-state index contributed by atoms with van der Waals surface area (Å²) in [6, 6.07) is 9.07. The zero-order valence-corrected chi connectivity index (χ0v) is 11.8. The van der Waals surface area contributed by atoms with Crippen LogP contribution in [-0.2, 0) is 16.0 Å². The maximum Gasteiger partial charge on any atom is 0.333 e. The molecule has 0 saturated carbocycles. The number of hydrogen-bond donors (Lipinski definition) is 0. The third-order valence-electron chi connectivity index (χ3n) is 3.83. The number of ether oxygens (including phenoxy) is 1. The quantitative estimate of drug-likeness (QED) is 0.615. The summed E-state index contributed by atoms with van der Waals surface area (Å²) < 4.78 is 4.70. The zero-order valence-electron chi connectivity index (χ0n) is 11.8. The summed E-state index contributed by atoms with van der Waals surface area (Å²) in [4.78, 5) is 13.6. The summed E-state index contributed by atoms with van der Waals surface area (Å²) in [7, 11) is 3.52. The van der Waals surface area contributed by atoms with Crippen LogP contribution in [0.5, 0.6) is 0 Å². The van der Waals surface area contributed by atoms with Gasteiger partial charge in [0, 0.05) is 18.2 Å². The number of hydrogen-bond acceptors (Lipinski definition) is 3. The maximum atomic E-state index is 11.3. The molecule has 0 spiro atoms. The molecule has 3 heteroatoms. The van der Waals surface area contributed by atoms with Gasteiger partial charge in [-0.2, -0.15) is 0 Å². The molecule has 1 aromatic rings. The van der Waals surface area contributed by atoms with Gasteiger partial charge in [-0.15, -0.1) is 0 Å². The Morgan fingerprint density at radius 1 is 1.47 bits per heavy atom. The molecule has 0 fully saturated rings. The van der Waals surface area contributed by atoms with Crippen LogP contribution >= 0.6 is 0 Å². The van der Waals surface area contributed by atoms with Crippen molar-refractivity contribution in [3.63, 3.8) is 0 Å². The standard InChI is InChI=1S/C16H21NO2/c1-12(16(18)19-3)10-11-17(2)15-9-8-13-6-4-5-7-14(13)15/h4-7,10,15H,8-9,11H2,1-3H3/b12-10-/t15-/m0/s1. The Bertz CT molecular complexity index is 493. The Morgan fingerprint density at radius 3 is 2.95 bits per heavy atom. The normalized spacial score (nSPS) is 18.5. The molecule has 19 heavy (non-hydrogen) atoms. The molecule has 0 heterocycles. The number of likely N-dealkylation sites (N-methyl/N-ethyl adjacent to an activating group) is 1. The summed E-state index contributed by atoms with van der Waals surface area (Å²) in [5.41, 5.74) is 3.54. The number of fused-ring (bicyclic) bond motifs is 1. The van der Waals surface area contributed by atoms with Crippen molar-refractivity contribution in [2.45, 2.75) is 25.8 Å². The summed E-state index contributed by atoms with van der Waals surface area (Å²) in [6.07, 6.45) is 4.23. The number of aryl methyl sites for hydroxylation is 1. The Kier molecular flexibility index (Phi) is 4.38. The first-order valence-corrected chi connectivity index (χ1v) is 6.66. The number of carbonyl (C=O) groups is 1. The number of benzene rings is 1. The van der Waals surface area contributed by atoms with E-state index in [0.717, 1.165) is 19.4 Å². The van der Waals surface area contributed by atoms with Crippen LogP contribution in [0.2, 0.25) is 0 Å². The predicted molar refractivity (Wildman–Crippen MR) is 75.9 cm³/mol. The second-order valence-electron chi connectivity index (χ2n) is 5.07. The minimum atomic E-state index is -0.250. The van der Waals surface area contributed by atoms with Gasteiger partial charge in [0.25, 0.3) is 0 Å². The molecule has 2 rings (SSSR count). The average molecular weight is 259 g/mol. The van der Waals surface area contributed by atoms with Crippen molar-refractivity contribution in [2.75, 3.05) is 20.7 Å². The van der Waals surface area contributed by atoms with Gasteiger partial charge < -0.3 is 4.74 Å². The van der Waals surface area contributed by atoms with Crippen LogP contribution in [0.15, 0.2) is 35.9 Å². The van der Waals surface area contributed by atoms with Crippen LogP contribution in [0.4, 0.5) is 0 Å². The van der Waals surface area contributed by atoms with E-state index in [1.54, 1.807) is 6.92 Å². The maximum absolute atomic E-state index is 11.3. The second kappa shape index (κ2) is 6.02. The topological polar surface area (TPSA) is 29.5 Å². The highest BCUT2D eigenvalue weighted by Crippen LogP contribution is 2.34. The minimum absolute atomic E-state index is 0.250. The van der Waals surface area contributed by atoms with E-state index in [2.05, 4.69) is 36.2 Å². The number of esters is 1. The van der Waals surface area contributed by atoms with Crippen molar-refractivity contribution in [2.24, 2.45) is 0 Å². The van der Waals surface area contributed by atoms with Gasteiger partial charge >= 0.3 is 5.97 Å². The van der Waals surface area contributed by atoms with Crippen LogP contribution < -0.4 is 0 Å². The van der Waals surface area contributed by atoms with Crippen molar-refractivity contribution in [1.82, 2.24) is 4.90 Å². The summed E-state index contributed by atoms with van der Waals surface area (Å²) in [6.45, 7) is 2.56. The summed E-state index contributed by atoms with van der Waals surface area (Å²) in [5, 5.41) is 0. The molecule has 0 amide bonds. The lowest BCUT2D eigenvalue weighted by Gasteiger charge is -2.24. The van der Waals surface area contributed by atoms with Gasteiger partial charge in [-0.1, -0.05) is 30.3 Å². The van der Waals surface area contributed by atoms with Crippen molar-refractivity contribution in [3.8, 4) is 0 Å². The number of carbonyl (C=O) groups excluding carboxylic acids is 1. The first-order valence-electron chi connectivity index (χ1n) is 6.66. The van der Waals surface area contributed by atoms with E-state index < -0.39 is 0 Å². The lowest BCUT2D eigenvalue weighted by atomic mass is 10.1. The zero-order chi connectivity index (χ0) is 13.8. The molecule has 1 atom stereocenters. The summed E-state index contributed by atoms with van der Waals surface area (Å²) >= 11 is 0. The molecule has 0 unspecified atom stereocenters. The second-order valence-corrected chi connectivity index (χ2v) is 5.07. The van der Waals surface area contributed by atoms with Crippen molar-refractivity contribution < 1.29 is 9.53 Å². The molecule has 0 aliphatic heterocycles. The monoisotopic (exact) mass is 259 g/mol. The van der Waals surface area contributed by atoms with Gasteiger partial charge in [-0.05, 0) is 37.9 Å². The van der Waals surface area contributed by atoms with Gasteiger partial charge in [0.15, 0.2) is 0 Å². The van der Waals surface area contributed by atoms with Gasteiger partial charge in [0.05, 0.1) is 7.11 Å². The van der Waals surface area contributed by atoms with Crippen LogP contribution in [0.3, 0.4) is 0 Å². The van der Waals surface area contributed by atoms with E-state index in [9.17, 15) is 4.79 Å². The Labute approximate surface area is 114 Å². The van der Waals surface area contributed by atoms with Crippen LogP contribution in [-0.4, -0.2) is 31.6 Å². The Morgan fingerprint density at radius 2 is 2.21 bits per heavy atom. The third-order valence-corrected chi connectivity index (χ3v) is 3.83. The predicted octanol–water partition coefficient (Wildman–Crippen LogP) is 2.73. The first-order chi connectivity index (χ1) is 9.13. The molecule has 0 saturated heterocycles. The fourth-order valence-electron chi connectivity index (χ4n) is 2.64. The lowest BCUT2D eigenvalue weighted by molar-refractivity contribution is -0.136. The third kappa shape index (κ3) is 3.04. The molecule has 0 aromatic heterocycles. The molecule has 102 valence electrons. The van der Waals surface area contributed by atoms with E-state index in [4.69, 9.17) is 4.74 Å². The Hall–Kier alpha value is -1.61. The average Bonchev–Trinajstić information content (AvgIpc) is 2.87. The fraction of sp³-hybridized carbons (Fsp3) is 0.438. The van der Waals surface area contributed by atoms with E-state index in [-0.39, 0.29) is 5.97 Å². The van der Waals surface area contributed by atoms with Crippen molar-refractivity contribution in [3.05, 3.63) is 47.0 Å². The molecular formula is C16H21NO2. The van der Waals surface area contributed by atoms with Gasteiger partial charge in [0.1, 0.15) is 0 Å². The van der Waals surface area contributed by atoms with Gasteiger partial charge in [0.2, 0.25) is 0 Å². The summed E-state index contributed by atoms with van der Waals surface area (Å²) in [5.74, 6) is -0.250. The SMILES string of the molecule is COC(=O)/C(C)=C\CN(C)[C@H]1CCc2ccccc21. The highest BCUT2D eigenvalue weighted by molar-refractivity contribution is 5.87. The van der Waals surface area contributed by atoms with Crippen molar-refractivity contribution in [1.29, 1.82) is 0 Å². The molecule has 1 aromatic carbocycles. The molecule has 0 radical (unpaired) electrons. The molecular weight excluding hydrogens is 238 g/mol. The van der Waals surface area contributed by atoms with Gasteiger partial charge in [-0.25, -0.2) is 4.79 Å². The number of rotatable bonds is 4. The van der Waals surface area contributed by atoms with Gasteiger partial charge in [-0.3, -0.25) is 4.90 Å². The lowest BCUT2D eigenvalue weighted by Crippen LogP contribution is -2.23. The van der Waals surface area contributed by atoms with E-state index >= 15 is 0 Å². The van der Waals surface area contributed by atoms with Crippen molar-refractivity contribution >= 4 is 5.97 Å². The molecule has 1 aliphatic carbocycles. The van der Waals surface area contributed by atoms with Crippen LogP contribution in [0.25, 0.3) is 0 Å². The molecule has 1 aliphatic rings. The van der Waals surface area contributed by atoms with Crippen LogP contribution in [0.1, 0.15) is 30.5 Å². The van der Waals surface area contributed by atoms with Crippen LogP contribution in [0, 0.1) is 0 Å². The molecule has 0 N–H and O–H groups in total. The fourth-order valence-corrected chi connectivity index (χ4v) is 2.64. The van der Waals surface area contributed by atoms with E-state index in [1.165, 1.54) is 18.2 Å². The molecule has 0 bridgehead atoms. The highest BCUT2D eigenvalue weighted by Gasteiger charge is 2.24. The van der Waals surface area contributed by atoms with E-state index in [1.807, 2.05) is 6.08 Å². The largest absolute Gasteiger partial charge is 0.466 e. The number of nitrogens with zero attached hydrogens (tertiary/aromatic N) is 1. The van der Waals surface area contributed by atoms with E-state index in [0.29, 0.717) is 11.6 Å². The number of methoxy groups -OCH3 is 1. The minimum Gasteiger partial charge on any atom is -0.466 e.